The maximum absolute atomic E-state index is 12.8. The van der Waals surface area contributed by atoms with E-state index in [0.717, 1.165) is 0 Å². The van der Waals surface area contributed by atoms with Crippen LogP contribution in [0.2, 0.25) is 0 Å². The predicted molar refractivity (Wildman–Crippen MR) is 109 cm³/mol. The minimum Gasteiger partial charge on any atom is -0.460 e. The number of sulfonamides is 1. The lowest BCUT2D eigenvalue weighted by Crippen LogP contribution is -2.46. The van der Waals surface area contributed by atoms with Gasteiger partial charge in [0.05, 0.1) is 18.4 Å². The minimum absolute atomic E-state index is 0.0820. The van der Waals surface area contributed by atoms with Crippen molar-refractivity contribution in [2.75, 3.05) is 7.11 Å². The number of ether oxygens (including phenoxy) is 2. The first-order chi connectivity index (χ1) is 13.6. The van der Waals surface area contributed by atoms with Gasteiger partial charge in [-0.25, -0.2) is 18.2 Å². The number of carbonyl (C=O) groups is 2. The molecule has 0 saturated carbocycles. The van der Waals surface area contributed by atoms with E-state index in [-0.39, 0.29) is 11.5 Å². The van der Waals surface area contributed by atoms with E-state index in [1.54, 1.807) is 53.7 Å². The van der Waals surface area contributed by atoms with Crippen LogP contribution in [0, 0.1) is 0 Å². The second-order valence-corrected chi connectivity index (χ2v) is 10.3. The zero-order chi connectivity index (χ0) is 23.2. The molecule has 170 valence electrons. The van der Waals surface area contributed by atoms with Gasteiger partial charge in [0.1, 0.15) is 23.9 Å². The van der Waals surface area contributed by atoms with Crippen molar-refractivity contribution in [1.82, 2.24) is 4.72 Å². The second-order valence-electron chi connectivity index (χ2n) is 8.57. The SMILES string of the molecule is COOCc1ccc(S(=O)(=O)NC(CC(=O)OC(C)(C)C)C(=O)OC(C)(C)C)cc1. The summed E-state index contributed by atoms with van der Waals surface area (Å²) in [5.41, 5.74) is -0.958. The van der Waals surface area contributed by atoms with Crippen molar-refractivity contribution < 1.29 is 37.3 Å². The van der Waals surface area contributed by atoms with Crippen LogP contribution in [0.15, 0.2) is 29.2 Å². The van der Waals surface area contributed by atoms with Gasteiger partial charge in [-0.1, -0.05) is 12.1 Å². The van der Waals surface area contributed by atoms with E-state index in [2.05, 4.69) is 9.61 Å². The van der Waals surface area contributed by atoms with Crippen molar-refractivity contribution in [1.29, 1.82) is 0 Å². The van der Waals surface area contributed by atoms with Gasteiger partial charge in [0.2, 0.25) is 10.0 Å². The van der Waals surface area contributed by atoms with Gasteiger partial charge >= 0.3 is 11.9 Å². The fraction of sp³-hybridized carbons (Fsp3) is 0.600. The summed E-state index contributed by atoms with van der Waals surface area (Å²) in [5.74, 6) is -1.60. The lowest BCUT2D eigenvalue weighted by molar-refractivity contribution is -0.282. The number of esters is 2. The Labute approximate surface area is 178 Å². The summed E-state index contributed by atoms with van der Waals surface area (Å²) in [6.45, 7) is 10.1. The molecule has 0 fully saturated rings. The molecule has 1 atom stereocenters. The van der Waals surface area contributed by atoms with Crippen LogP contribution in [0.1, 0.15) is 53.5 Å². The van der Waals surface area contributed by atoms with Crippen molar-refractivity contribution in [3.05, 3.63) is 29.8 Å². The van der Waals surface area contributed by atoms with Gasteiger partial charge in [0.15, 0.2) is 0 Å². The molecule has 0 spiro atoms. The van der Waals surface area contributed by atoms with Crippen molar-refractivity contribution in [3.8, 4) is 0 Å². The highest BCUT2D eigenvalue weighted by molar-refractivity contribution is 7.89. The van der Waals surface area contributed by atoms with E-state index in [9.17, 15) is 18.0 Å². The summed E-state index contributed by atoms with van der Waals surface area (Å²) in [4.78, 5) is 34.0. The fourth-order valence-electron chi connectivity index (χ4n) is 2.24. The van der Waals surface area contributed by atoms with Crippen LogP contribution < -0.4 is 4.72 Å². The molecule has 0 radical (unpaired) electrons. The Hall–Kier alpha value is -2.01. The molecule has 9 nitrogen and oxygen atoms in total. The van der Waals surface area contributed by atoms with Crippen LogP contribution in [-0.4, -0.2) is 44.7 Å². The molecule has 0 amide bonds. The summed E-state index contributed by atoms with van der Waals surface area (Å²) < 4.78 is 38.3. The molecule has 0 aromatic heterocycles. The number of hydrogen-bond acceptors (Lipinski definition) is 8. The molecule has 0 saturated heterocycles. The van der Waals surface area contributed by atoms with E-state index >= 15 is 0 Å². The number of nitrogens with one attached hydrogen (secondary N) is 1. The van der Waals surface area contributed by atoms with Gasteiger partial charge in [-0.15, -0.1) is 0 Å². The molecule has 0 heterocycles. The zero-order valence-electron chi connectivity index (χ0n) is 18.5. The van der Waals surface area contributed by atoms with Gasteiger partial charge in [-0.3, -0.25) is 9.59 Å². The molecule has 0 aliphatic carbocycles. The van der Waals surface area contributed by atoms with Gasteiger partial charge < -0.3 is 9.47 Å². The molecule has 30 heavy (non-hydrogen) atoms. The lowest BCUT2D eigenvalue weighted by atomic mass is 10.1. The normalized spacial score (nSPS) is 13.6. The molecular weight excluding hydrogens is 414 g/mol. The Bertz CT molecular complexity index is 820. The molecule has 1 aromatic carbocycles. The maximum atomic E-state index is 12.8. The molecule has 10 heteroatoms. The third-order valence-corrected chi connectivity index (χ3v) is 4.84. The summed E-state index contributed by atoms with van der Waals surface area (Å²) in [7, 11) is -2.75. The van der Waals surface area contributed by atoms with E-state index in [4.69, 9.17) is 14.4 Å². The number of rotatable bonds is 9. The Balaban J connectivity index is 3.05. The van der Waals surface area contributed by atoms with Crippen molar-refractivity contribution in [2.24, 2.45) is 0 Å². The zero-order valence-corrected chi connectivity index (χ0v) is 19.3. The standard InChI is InChI=1S/C20H31NO8S/c1-19(2,3)28-17(22)12-16(18(23)29-20(4,5)6)21-30(24,25)15-10-8-14(9-11-15)13-27-26-7/h8-11,16,21H,12-13H2,1-7H3. The van der Waals surface area contributed by atoms with Crippen molar-refractivity contribution in [3.63, 3.8) is 0 Å². The molecular formula is C20H31NO8S. The van der Waals surface area contributed by atoms with Gasteiger partial charge in [0.25, 0.3) is 0 Å². The van der Waals surface area contributed by atoms with Crippen LogP contribution >= 0.6 is 0 Å². The molecule has 0 bridgehead atoms. The predicted octanol–water partition coefficient (Wildman–Crippen LogP) is 2.48. The molecule has 1 unspecified atom stereocenters. The molecule has 1 aromatic rings. The van der Waals surface area contributed by atoms with Crippen LogP contribution in [0.4, 0.5) is 0 Å². The minimum atomic E-state index is -4.12. The molecule has 0 aliphatic heterocycles. The van der Waals surface area contributed by atoms with E-state index in [1.807, 2.05) is 0 Å². The largest absolute Gasteiger partial charge is 0.460 e. The van der Waals surface area contributed by atoms with Crippen LogP contribution in [-0.2, 0) is 45.5 Å². The topological polar surface area (TPSA) is 117 Å². The number of hydrogen-bond donors (Lipinski definition) is 1. The fourth-order valence-corrected chi connectivity index (χ4v) is 3.43. The molecule has 1 rings (SSSR count). The molecule has 0 aliphatic rings. The quantitative estimate of drug-likeness (QED) is 0.350. The third-order valence-electron chi connectivity index (χ3n) is 3.36. The first-order valence-corrected chi connectivity index (χ1v) is 10.8. The van der Waals surface area contributed by atoms with E-state index in [0.29, 0.717) is 5.56 Å². The Morgan fingerprint density at radius 2 is 1.50 bits per heavy atom. The smallest absolute Gasteiger partial charge is 0.325 e. The average molecular weight is 446 g/mol. The Kier molecular flexibility index (Phi) is 8.97. The average Bonchev–Trinajstić information content (AvgIpc) is 2.56. The van der Waals surface area contributed by atoms with Crippen LogP contribution in [0.25, 0.3) is 0 Å². The van der Waals surface area contributed by atoms with E-state index < -0.39 is 45.6 Å². The Morgan fingerprint density at radius 1 is 0.967 bits per heavy atom. The summed E-state index contributed by atoms with van der Waals surface area (Å²) in [6, 6.07) is 4.36. The highest BCUT2D eigenvalue weighted by Gasteiger charge is 2.33. The molecule has 1 N–H and O–H groups in total. The summed E-state index contributed by atoms with van der Waals surface area (Å²) in [5, 5.41) is 0. The van der Waals surface area contributed by atoms with Gasteiger partial charge in [-0.05, 0) is 59.2 Å². The van der Waals surface area contributed by atoms with Crippen molar-refractivity contribution in [2.45, 2.75) is 76.7 Å². The third kappa shape index (κ3) is 9.66. The lowest BCUT2D eigenvalue weighted by Gasteiger charge is -2.25. The highest BCUT2D eigenvalue weighted by atomic mass is 32.2. The summed E-state index contributed by atoms with van der Waals surface area (Å²) in [6.07, 6.45) is -0.509. The Morgan fingerprint density at radius 3 is 1.97 bits per heavy atom. The first kappa shape index (κ1) is 26.0. The van der Waals surface area contributed by atoms with E-state index in [1.165, 1.54) is 19.2 Å². The number of benzene rings is 1. The monoisotopic (exact) mass is 445 g/mol. The van der Waals surface area contributed by atoms with Gasteiger partial charge in [0, 0.05) is 0 Å². The highest BCUT2D eigenvalue weighted by Crippen LogP contribution is 2.17. The summed E-state index contributed by atoms with van der Waals surface area (Å²) >= 11 is 0. The van der Waals surface area contributed by atoms with Crippen LogP contribution in [0.3, 0.4) is 0 Å². The van der Waals surface area contributed by atoms with Gasteiger partial charge in [-0.2, -0.15) is 4.72 Å². The number of carbonyl (C=O) groups excluding carboxylic acids is 2. The van der Waals surface area contributed by atoms with Crippen molar-refractivity contribution >= 4 is 22.0 Å². The second kappa shape index (κ2) is 10.3. The first-order valence-electron chi connectivity index (χ1n) is 9.34. The maximum Gasteiger partial charge on any atom is 0.325 e. The van der Waals surface area contributed by atoms with Crippen LogP contribution in [0.5, 0.6) is 0 Å².